The highest BCUT2D eigenvalue weighted by atomic mass is 32.2. The van der Waals surface area contributed by atoms with Gasteiger partial charge in [0.25, 0.3) is 0 Å². The molecule has 2 amide bonds. The van der Waals surface area contributed by atoms with Crippen LogP contribution >= 0.6 is 0 Å². The van der Waals surface area contributed by atoms with Crippen LogP contribution in [-0.4, -0.2) is 55.5 Å². The Morgan fingerprint density at radius 1 is 1.35 bits per heavy atom. The number of piperidine rings is 1. The number of sulfonamides is 1. The van der Waals surface area contributed by atoms with Gasteiger partial charge in [0, 0.05) is 25.6 Å². The summed E-state index contributed by atoms with van der Waals surface area (Å²) in [6, 6.07) is -0.465. The summed E-state index contributed by atoms with van der Waals surface area (Å²) < 4.78 is 26.0. The van der Waals surface area contributed by atoms with Crippen molar-refractivity contribution in [1.29, 1.82) is 0 Å². The number of nitrogens with zero attached hydrogens (tertiary/aromatic N) is 1. The van der Waals surface area contributed by atoms with E-state index in [1.807, 2.05) is 6.92 Å². The minimum absolute atomic E-state index is 0.0606. The van der Waals surface area contributed by atoms with Gasteiger partial charge in [0.15, 0.2) is 0 Å². The third-order valence-corrected chi connectivity index (χ3v) is 6.53. The first-order chi connectivity index (χ1) is 10.9. The predicted octanol–water partition coefficient (Wildman–Crippen LogP) is 0.366. The highest BCUT2D eigenvalue weighted by Gasteiger charge is 2.36. The monoisotopic (exact) mass is 345 g/mol. The number of carbonyl (C=O) groups is 2. The van der Waals surface area contributed by atoms with Crippen molar-refractivity contribution in [3.63, 3.8) is 0 Å². The van der Waals surface area contributed by atoms with E-state index in [4.69, 9.17) is 0 Å². The third kappa shape index (κ3) is 4.91. The van der Waals surface area contributed by atoms with Crippen molar-refractivity contribution in [3.05, 3.63) is 0 Å². The number of nitrogens with one attached hydrogen (secondary N) is 2. The summed E-state index contributed by atoms with van der Waals surface area (Å²) in [6.45, 7) is 2.72. The number of rotatable bonds is 7. The van der Waals surface area contributed by atoms with E-state index in [2.05, 4.69) is 10.6 Å². The Bertz CT molecular complexity index is 535. The van der Waals surface area contributed by atoms with Gasteiger partial charge in [0.2, 0.25) is 21.8 Å². The molecule has 0 saturated carbocycles. The average molecular weight is 345 g/mol. The number of carbonyl (C=O) groups excluding carboxylic acids is 2. The van der Waals surface area contributed by atoms with Crippen LogP contribution in [0.5, 0.6) is 0 Å². The fraction of sp³-hybridized carbons (Fsp3) is 0.867. The molecule has 2 fully saturated rings. The lowest BCUT2D eigenvalue weighted by Gasteiger charge is -2.33. The van der Waals surface area contributed by atoms with Crippen LogP contribution in [0.2, 0.25) is 0 Å². The number of amides is 2. The van der Waals surface area contributed by atoms with E-state index in [9.17, 15) is 18.0 Å². The first-order valence-corrected chi connectivity index (χ1v) is 10.1. The van der Waals surface area contributed by atoms with Gasteiger partial charge in [-0.2, -0.15) is 4.31 Å². The van der Waals surface area contributed by atoms with Crippen molar-refractivity contribution in [1.82, 2.24) is 14.9 Å². The topological polar surface area (TPSA) is 95.6 Å². The molecule has 2 aliphatic rings. The van der Waals surface area contributed by atoms with Crippen molar-refractivity contribution in [2.75, 3.05) is 18.8 Å². The maximum atomic E-state index is 12.4. The standard InChI is InChI=1S/C15H27N3O4S/c1-2-11-23(21,22)18-10-4-3-5-13(18)15(20)16-9-8-12-6-7-14(19)17-12/h12-13H,2-11H2,1H3,(H,16,20)(H,17,19)/t12-,13+/m1/s1. The van der Waals surface area contributed by atoms with Gasteiger partial charge in [0.1, 0.15) is 6.04 Å². The Labute approximate surface area is 138 Å². The molecular weight excluding hydrogens is 318 g/mol. The van der Waals surface area contributed by atoms with Crippen LogP contribution in [0.4, 0.5) is 0 Å². The van der Waals surface area contributed by atoms with E-state index in [-0.39, 0.29) is 23.6 Å². The van der Waals surface area contributed by atoms with Gasteiger partial charge in [-0.3, -0.25) is 9.59 Å². The van der Waals surface area contributed by atoms with Crippen LogP contribution in [0, 0.1) is 0 Å². The molecule has 2 N–H and O–H groups in total. The second-order valence-corrected chi connectivity index (χ2v) is 8.36. The van der Waals surface area contributed by atoms with Gasteiger partial charge >= 0.3 is 0 Å². The van der Waals surface area contributed by atoms with Crippen molar-refractivity contribution in [2.24, 2.45) is 0 Å². The summed E-state index contributed by atoms with van der Waals surface area (Å²) in [5.41, 5.74) is 0. The summed E-state index contributed by atoms with van der Waals surface area (Å²) in [6.07, 6.45) is 4.84. The molecule has 0 unspecified atom stereocenters. The highest BCUT2D eigenvalue weighted by Crippen LogP contribution is 2.21. The van der Waals surface area contributed by atoms with Crippen LogP contribution < -0.4 is 10.6 Å². The molecule has 8 heteroatoms. The zero-order chi connectivity index (χ0) is 16.9. The molecule has 0 aliphatic carbocycles. The van der Waals surface area contributed by atoms with Crippen molar-refractivity contribution in [2.45, 2.75) is 64.0 Å². The Balaban J connectivity index is 1.86. The van der Waals surface area contributed by atoms with Crippen molar-refractivity contribution < 1.29 is 18.0 Å². The van der Waals surface area contributed by atoms with Crippen molar-refractivity contribution >= 4 is 21.8 Å². The Hall–Kier alpha value is -1.15. The molecule has 2 saturated heterocycles. The molecule has 0 aromatic heterocycles. The maximum Gasteiger partial charge on any atom is 0.238 e. The molecule has 2 aliphatic heterocycles. The molecule has 23 heavy (non-hydrogen) atoms. The van der Waals surface area contributed by atoms with Gasteiger partial charge in [-0.05, 0) is 32.1 Å². The molecule has 0 aromatic rings. The first kappa shape index (κ1) is 18.2. The molecule has 0 spiro atoms. The molecule has 7 nitrogen and oxygen atoms in total. The van der Waals surface area contributed by atoms with Crippen molar-refractivity contribution in [3.8, 4) is 0 Å². The average Bonchev–Trinajstić information content (AvgIpc) is 2.92. The lowest BCUT2D eigenvalue weighted by atomic mass is 10.0. The second kappa shape index (κ2) is 8.10. The smallest absolute Gasteiger partial charge is 0.238 e. The lowest BCUT2D eigenvalue weighted by molar-refractivity contribution is -0.125. The molecule has 2 heterocycles. The molecule has 0 aromatic carbocycles. The zero-order valence-electron chi connectivity index (χ0n) is 13.7. The highest BCUT2D eigenvalue weighted by molar-refractivity contribution is 7.89. The van der Waals surface area contributed by atoms with Gasteiger partial charge < -0.3 is 10.6 Å². The van der Waals surface area contributed by atoms with E-state index < -0.39 is 16.1 Å². The van der Waals surface area contributed by atoms with Gasteiger partial charge in [-0.15, -0.1) is 0 Å². The Morgan fingerprint density at radius 2 is 2.13 bits per heavy atom. The summed E-state index contributed by atoms with van der Waals surface area (Å²) in [4.78, 5) is 23.5. The first-order valence-electron chi connectivity index (χ1n) is 8.50. The number of hydrogen-bond acceptors (Lipinski definition) is 4. The van der Waals surface area contributed by atoms with E-state index >= 15 is 0 Å². The second-order valence-electron chi connectivity index (χ2n) is 6.32. The summed E-state index contributed by atoms with van der Waals surface area (Å²) in [7, 11) is -3.36. The van der Waals surface area contributed by atoms with E-state index in [1.165, 1.54) is 4.31 Å². The lowest BCUT2D eigenvalue weighted by Crippen LogP contribution is -2.52. The molecule has 132 valence electrons. The summed E-state index contributed by atoms with van der Waals surface area (Å²) in [5.74, 6) is -0.0654. The molecule has 0 radical (unpaired) electrons. The molecule has 0 bridgehead atoms. The third-order valence-electron chi connectivity index (χ3n) is 4.45. The zero-order valence-corrected chi connectivity index (χ0v) is 14.5. The van der Waals surface area contributed by atoms with E-state index in [0.29, 0.717) is 38.8 Å². The van der Waals surface area contributed by atoms with Crippen LogP contribution in [0.1, 0.15) is 51.9 Å². The van der Waals surface area contributed by atoms with Crippen LogP contribution in [0.3, 0.4) is 0 Å². The molecule has 2 rings (SSSR count). The number of hydrogen-bond donors (Lipinski definition) is 2. The van der Waals surface area contributed by atoms with E-state index in [1.54, 1.807) is 0 Å². The minimum Gasteiger partial charge on any atom is -0.355 e. The SMILES string of the molecule is CCCS(=O)(=O)N1CCCC[C@H]1C(=O)NCC[C@H]1CCC(=O)N1. The van der Waals surface area contributed by atoms with Crippen LogP contribution in [-0.2, 0) is 19.6 Å². The predicted molar refractivity (Wildman–Crippen MR) is 87.2 cm³/mol. The summed E-state index contributed by atoms with van der Waals surface area (Å²) in [5, 5.41) is 5.70. The van der Waals surface area contributed by atoms with Crippen LogP contribution in [0.15, 0.2) is 0 Å². The molecule has 2 atom stereocenters. The van der Waals surface area contributed by atoms with E-state index in [0.717, 1.165) is 19.3 Å². The molecular formula is C15H27N3O4S. The normalized spacial score (nSPS) is 26.0. The minimum atomic E-state index is -3.36. The maximum absolute atomic E-state index is 12.4. The largest absolute Gasteiger partial charge is 0.355 e. The Morgan fingerprint density at radius 3 is 2.78 bits per heavy atom. The van der Waals surface area contributed by atoms with Gasteiger partial charge in [-0.25, -0.2) is 8.42 Å². The Kier molecular flexibility index (Phi) is 6.41. The van der Waals surface area contributed by atoms with Crippen LogP contribution in [0.25, 0.3) is 0 Å². The summed E-state index contributed by atoms with van der Waals surface area (Å²) >= 11 is 0. The fourth-order valence-corrected chi connectivity index (χ4v) is 5.00. The van der Waals surface area contributed by atoms with Gasteiger partial charge in [-0.1, -0.05) is 13.3 Å². The quantitative estimate of drug-likeness (QED) is 0.697. The fourth-order valence-electron chi connectivity index (χ4n) is 3.26. The van der Waals surface area contributed by atoms with Gasteiger partial charge in [0.05, 0.1) is 5.75 Å².